The first kappa shape index (κ1) is 67.6. The lowest BCUT2D eigenvalue weighted by Gasteiger charge is -2.41. The molecule has 9 atom stereocenters. The van der Waals surface area contributed by atoms with E-state index in [0.717, 1.165) is 30.4 Å². The average Bonchev–Trinajstić information content (AvgIpc) is 1.66. The highest BCUT2D eigenvalue weighted by Gasteiger charge is 2.64. The Kier molecular flexibility index (Phi) is 22.8. The standard InChI is InChI=1S/C65H87ClN6O15/c1-37(2)45(33-43(73)20-11-12-26-63(5,6)87-60(78)41-18-14-19-41)59(77)70-47(22-16-28-69-61(67)79)49(74)32-42-24-25-46(44-21-15-27-68-57(42)44)71-62(80)85-53-34-54(75)72(8)48-30-40(31-50(82-9)56(48)66)29-38(3)17-13-23-52(83-10)65(81)35-51(84-55(76)36-65)39(4)58-64(53,7)86-58/h13,15,17,21,23-25,27,30-31,37,39,41,45,47,51-53,58,81H,11-12,14,16,18-20,22,26,28-29,32-36H2,1-10H3,(H,70,77)(H,71,80)(H3,67,69,79)/b23-13+,38-17+/t39-,45+,47+,51+,52-,53+,58+,64+,65-/m1/s1. The Bertz CT molecular complexity index is 3110. The zero-order valence-electron chi connectivity index (χ0n) is 51.8. The van der Waals surface area contributed by atoms with E-state index in [1.807, 2.05) is 40.7 Å². The van der Waals surface area contributed by atoms with Crippen molar-refractivity contribution in [2.45, 2.75) is 192 Å². The summed E-state index contributed by atoms with van der Waals surface area (Å²) in [5.41, 5.74) is 4.80. The van der Waals surface area contributed by atoms with E-state index >= 15 is 0 Å². The number of ketones is 2. The summed E-state index contributed by atoms with van der Waals surface area (Å²) in [4.78, 5) is 114. The Labute approximate surface area is 514 Å². The lowest BCUT2D eigenvalue weighted by atomic mass is 9.78. The van der Waals surface area contributed by atoms with Crippen LogP contribution >= 0.6 is 11.6 Å². The molecular weight excluding hydrogens is 1140 g/mol. The number of pyridine rings is 1. The van der Waals surface area contributed by atoms with Crippen LogP contribution in [0.15, 0.2) is 66.4 Å². The van der Waals surface area contributed by atoms with Crippen LogP contribution in [-0.2, 0) is 65.3 Å². The lowest BCUT2D eigenvalue weighted by Crippen LogP contribution is -2.53. The van der Waals surface area contributed by atoms with Gasteiger partial charge in [-0.2, -0.15) is 0 Å². The highest BCUT2D eigenvalue weighted by atomic mass is 35.5. The number of fused-ring (bicyclic) bond motifs is 6. The van der Waals surface area contributed by atoms with Crippen molar-refractivity contribution in [2.24, 2.45) is 29.4 Å². The molecule has 1 aromatic heterocycles. The number of aliphatic hydroxyl groups is 1. The fourth-order valence-electron chi connectivity index (χ4n) is 11.9. The molecule has 5 amide bonds. The number of urea groups is 1. The maximum absolute atomic E-state index is 14.6. The number of unbranched alkanes of at least 4 members (excludes halogenated alkanes) is 1. The zero-order valence-corrected chi connectivity index (χ0v) is 52.6. The molecule has 7 rings (SSSR count). The summed E-state index contributed by atoms with van der Waals surface area (Å²) in [6.45, 7) is 13.0. The number of carbonyl (C=O) groups is 8. The first-order valence-corrected chi connectivity index (χ1v) is 30.6. The number of methoxy groups -OCH3 is 2. The fourth-order valence-corrected chi connectivity index (χ4v) is 12.2. The topological polar surface area (TPSA) is 294 Å². The van der Waals surface area contributed by atoms with Crippen LogP contribution in [0.5, 0.6) is 5.75 Å². The van der Waals surface area contributed by atoms with Crippen LogP contribution in [0.2, 0.25) is 5.02 Å². The van der Waals surface area contributed by atoms with Crippen LogP contribution < -0.4 is 31.3 Å². The molecule has 21 nitrogen and oxygen atoms in total. The number of amides is 5. The summed E-state index contributed by atoms with van der Waals surface area (Å²) in [6, 6.07) is 8.36. The summed E-state index contributed by atoms with van der Waals surface area (Å²) >= 11 is 6.89. The van der Waals surface area contributed by atoms with Gasteiger partial charge in [-0.1, -0.05) is 68.7 Å². The van der Waals surface area contributed by atoms with Gasteiger partial charge in [0, 0.05) is 69.8 Å². The van der Waals surface area contributed by atoms with Gasteiger partial charge in [0.1, 0.15) is 51.7 Å². The number of hydrogen-bond donors (Lipinski definition) is 5. The molecule has 22 heteroatoms. The lowest BCUT2D eigenvalue weighted by molar-refractivity contribution is -0.187. The number of allylic oxidation sites excluding steroid dienone is 3. The molecule has 2 saturated heterocycles. The summed E-state index contributed by atoms with van der Waals surface area (Å²) in [7, 11) is 4.48. The minimum Gasteiger partial charge on any atom is -0.495 e. The van der Waals surface area contributed by atoms with Gasteiger partial charge in [-0.15, -0.1) is 0 Å². The smallest absolute Gasteiger partial charge is 0.412 e. The number of epoxide rings is 1. The molecule has 3 fully saturated rings. The monoisotopic (exact) mass is 1230 g/mol. The summed E-state index contributed by atoms with van der Waals surface area (Å²) in [6.07, 6.45) is 6.77. The highest BCUT2D eigenvalue weighted by Crippen LogP contribution is 2.50. The van der Waals surface area contributed by atoms with Gasteiger partial charge in [0.2, 0.25) is 11.8 Å². The number of primary amides is 1. The van der Waals surface area contributed by atoms with Crippen molar-refractivity contribution in [1.82, 2.24) is 15.6 Å². The Hall–Kier alpha value is -6.94. The second kappa shape index (κ2) is 29.4. The van der Waals surface area contributed by atoms with Crippen LogP contribution in [0, 0.1) is 23.7 Å². The van der Waals surface area contributed by atoms with Gasteiger partial charge in [-0.05, 0) is 126 Å². The number of halogens is 1. The van der Waals surface area contributed by atoms with E-state index in [-0.39, 0.29) is 91.6 Å². The summed E-state index contributed by atoms with van der Waals surface area (Å²) in [5.74, 6) is -3.51. The van der Waals surface area contributed by atoms with Crippen LogP contribution in [-0.4, -0.2) is 133 Å². The molecule has 0 unspecified atom stereocenters. The van der Waals surface area contributed by atoms with Gasteiger partial charge in [0.05, 0.1) is 54.9 Å². The minimum absolute atomic E-state index is 0.00396. The minimum atomic E-state index is -1.65. The van der Waals surface area contributed by atoms with Gasteiger partial charge in [-0.3, -0.25) is 39.1 Å². The predicted molar refractivity (Wildman–Crippen MR) is 327 cm³/mol. The van der Waals surface area contributed by atoms with E-state index in [1.54, 1.807) is 69.4 Å². The first-order chi connectivity index (χ1) is 41.1. The van der Waals surface area contributed by atoms with Crippen molar-refractivity contribution in [3.05, 3.63) is 82.5 Å². The normalized spacial score (nSPS) is 25.1. The second-order valence-corrected chi connectivity index (χ2v) is 25.4. The largest absolute Gasteiger partial charge is 0.495 e. The fraction of sp³-hybridized carbons (Fsp3) is 0.585. The van der Waals surface area contributed by atoms with E-state index < -0.39 is 95.4 Å². The molecule has 2 aromatic carbocycles. The number of nitrogens with two attached hydrogens (primary N) is 1. The molecule has 4 aliphatic rings. The van der Waals surface area contributed by atoms with Crippen molar-refractivity contribution in [3.8, 4) is 5.75 Å². The molecule has 3 aromatic rings. The van der Waals surface area contributed by atoms with Gasteiger partial charge in [-0.25, -0.2) is 9.59 Å². The van der Waals surface area contributed by atoms with Crippen LogP contribution in [0.3, 0.4) is 0 Å². The molecule has 3 aliphatic heterocycles. The number of hydrogen-bond acceptors (Lipinski definition) is 16. The summed E-state index contributed by atoms with van der Waals surface area (Å²) < 4.78 is 35.7. The first-order valence-electron chi connectivity index (χ1n) is 30.2. The van der Waals surface area contributed by atoms with E-state index in [4.69, 9.17) is 45.8 Å². The highest BCUT2D eigenvalue weighted by molar-refractivity contribution is 6.35. The van der Waals surface area contributed by atoms with Crippen LogP contribution in [0.1, 0.15) is 143 Å². The zero-order chi connectivity index (χ0) is 63.5. The molecule has 1 saturated carbocycles. The van der Waals surface area contributed by atoms with Crippen molar-refractivity contribution in [3.63, 3.8) is 0 Å². The number of esters is 2. The molecule has 4 bridgehead atoms. The van der Waals surface area contributed by atoms with Gasteiger partial charge >= 0.3 is 24.1 Å². The number of anilines is 2. The predicted octanol–water partition coefficient (Wildman–Crippen LogP) is 9.13. The number of carbonyl (C=O) groups excluding carboxylic acids is 8. The van der Waals surface area contributed by atoms with Crippen molar-refractivity contribution in [1.29, 1.82) is 0 Å². The third kappa shape index (κ3) is 17.4. The molecule has 87 heavy (non-hydrogen) atoms. The van der Waals surface area contributed by atoms with Gasteiger partial charge in [0.25, 0.3) is 0 Å². The van der Waals surface area contributed by atoms with Crippen molar-refractivity contribution >= 4 is 81.3 Å². The number of nitrogens with one attached hydrogen (secondary N) is 3. The Morgan fingerprint density at radius 2 is 1.79 bits per heavy atom. The molecule has 6 N–H and O–H groups in total. The van der Waals surface area contributed by atoms with E-state index in [0.29, 0.717) is 53.6 Å². The maximum Gasteiger partial charge on any atom is 0.412 e. The van der Waals surface area contributed by atoms with E-state index in [1.165, 1.54) is 25.3 Å². The third-order valence-electron chi connectivity index (χ3n) is 17.5. The van der Waals surface area contributed by atoms with Crippen molar-refractivity contribution in [2.75, 3.05) is 38.0 Å². The van der Waals surface area contributed by atoms with Gasteiger partial charge < -0.3 is 54.8 Å². The number of aromatic nitrogens is 1. The number of benzene rings is 2. The quantitative estimate of drug-likeness (QED) is 0.0256. The molecule has 0 radical (unpaired) electrons. The van der Waals surface area contributed by atoms with Crippen LogP contribution in [0.4, 0.5) is 21.0 Å². The van der Waals surface area contributed by atoms with Crippen LogP contribution in [0.25, 0.3) is 10.9 Å². The third-order valence-corrected chi connectivity index (χ3v) is 17.9. The van der Waals surface area contributed by atoms with E-state index in [9.17, 15) is 43.5 Å². The molecule has 4 heterocycles. The Morgan fingerprint density at radius 1 is 1.05 bits per heavy atom. The number of rotatable bonds is 23. The SMILES string of the molecule is COc1cc2cc(c1Cl)N(C)C(=O)C[C@H](OC(=O)Nc1ccc(CC(=O)[C@H](CCCNC(N)=O)NC(=O)[C@@H](CC(=O)CCCCC(C)(C)OC(=O)C3CCC3)C(C)C)c3ncccc13)[C@]1(C)O[C@H]1[C@H](C)[C@@H]1C[C@@](O)(CC(=O)O1)[C@H](OC)/C=C/C=C(\C)C2. The molecule has 474 valence electrons. The Morgan fingerprint density at radius 3 is 2.47 bits per heavy atom. The second-order valence-electron chi connectivity index (χ2n) is 25.1. The number of Topliss-reactive ketones (excluding diaryl/α,β-unsaturated/α-hetero) is 2. The molecule has 0 spiro atoms. The average molecular weight is 1230 g/mol. The number of nitrogens with zero attached hydrogens (tertiary/aromatic N) is 2. The van der Waals surface area contributed by atoms with Gasteiger partial charge in [0.15, 0.2) is 5.78 Å². The van der Waals surface area contributed by atoms with E-state index in [2.05, 4.69) is 20.9 Å². The van der Waals surface area contributed by atoms with Crippen molar-refractivity contribution < 1.29 is 71.9 Å². The Balaban J connectivity index is 1.08. The number of ether oxygens (including phenoxy) is 6. The maximum atomic E-state index is 14.6. The molecular formula is C65H87ClN6O15. The summed E-state index contributed by atoms with van der Waals surface area (Å²) in [5, 5.41) is 21.0. The molecule has 1 aliphatic carbocycles.